The Hall–Kier alpha value is -4.73. The summed E-state index contributed by atoms with van der Waals surface area (Å²) < 4.78 is 35.2. The molecule has 248 valence electrons. The van der Waals surface area contributed by atoms with Crippen molar-refractivity contribution >= 4 is 43.6 Å². The van der Waals surface area contributed by atoms with Crippen molar-refractivity contribution in [3.63, 3.8) is 0 Å². The molecule has 0 saturated carbocycles. The van der Waals surface area contributed by atoms with Gasteiger partial charge in [-0.25, -0.2) is 13.2 Å². The second-order valence-electron chi connectivity index (χ2n) is 12.3. The van der Waals surface area contributed by atoms with E-state index in [1.54, 1.807) is 21.3 Å². The van der Waals surface area contributed by atoms with Crippen LogP contribution in [0, 0.1) is 0 Å². The Bertz CT molecular complexity index is 2000. The van der Waals surface area contributed by atoms with Gasteiger partial charge in [-0.05, 0) is 51.2 Å². The van der Waals surface area contributed by atoms with Crippen LogP contribution in [0.4, 0.5) is 4.79 Å². The summed E-state index contributed by atoms with van der Waals surface area (Å²) in [4.78, 5) is 29.3. The van der Waals surface area contributed by atoms with E-state index in [1.807, 2.05) is 103 Å². The van der Waals surface area contributed by atoms with E-state index in [-0.39, 0.29) is 43.5 Å². The van der Waals surface area contributed by atoms with Crippen LogP contribution in [0.1, 0.15) is 37.3 Å². The molecule has 48 heavy (non-hydrogen) atoms. The number of rotatable bonds is 11. The largest absolute Gasteiger partial charge is 0.445 e. The number of sulfonamides is 1. The fraction of sp³-hybridized carbons (Fsp3) is 0.282. The molecule has 6 rings (SSSR count). The minimum atomic E-state index is -3.82. The molecule has 0 aromatic heterocycles. The van der Waals surface area contributed by atoms with Crippen molar-refractivity contribution in [2.75, 3.05) is 19.6 Å². The maximum absolute atomic E-state index is 14.3. The van der Waals surface area contributed by atoms with Crippen molar-refractivity contribution in [2.24, 2.45) is 0 Å². The summed E-state index contributed by atoms with van der Waals surface area (Å²) in [5.41, 5.74) is 1.74. The van der Waals surface area contributed by atoms with Crippen molar-refractivity contribution in [3.05, 3.63) is 126 Å². The molecule has 0 bridgehead atoms. The Morgan fingerprint density at radius 1 is 0.792 bits per heavy atom. The fourth-order valence-corrected chi connectivity index (χ4v) is 8.10. The molecule has 1 aliphatic rings. The van der Waals surface area contributed by atoms with Gasteiger partial charge in [-0.3, -0.25) is 4.79 Å². The van der Waals surface area contributed by atoms with Gasteiger partial charge in [0.1, 0.15) is 12.6 Å². The highest BCUT2D eigenvalue weighted by Gasteiger charge is 2.39. The molecular weight excluding hydrogens is 623 g/mol. The first kappa shape index (κ1) is 33.2. The van der Waals surface area contributed by atoms with Crippen LogP contribution < -0.4 is 5.32 Å². The standard InChI is InChI=1S/C39H41N3O5S/c1-2-3-17-35-27-41(22-23-42(35)48(45,46)36-21-20-32-14-8-10-16-34(32)26-36)38(43)37(40-39(44)47-28-29-11-5-4-6-12-29)25-30-18-19-31-13-7-9-15-33(31)24-30/h4-16,18-21,24,26,35,37H,2-3,17,22-23,25,27-28H2,1H3,(H,40,44)/t35?,37-/m0/s1. The molecule has 8 nitrogen and oxygen atoms in total. The highest BCUT2D eigenvalue weighted by molar-refractivity contribution is 7.89. The van der Waals surface area contributed by atoms with Crippen LogP contribution in [0.5, 0.6) is 0 Å². The smallest absolute Gasteiger partial charge is 0.408 e. The van der Waals surface area contributed by atoms with Gasteiger partial charge in [0.25, 0.3) is 0 Å². The monoisotopic (exact) mass is 663 g/mol. The average Bonchev–Trinajstić information content (AvgIpc) is 3.12. The minimum Gasteiger partial charge on any atom is -0.445 e. The number of alkyl carbamates (subject to hydrolysis) is 1. The molecular formula is C39H41N3O5S. The molecule has 0 radical (unpaired) electrons. The van der Waals surface area contributed by atoms with Crippen LogP contribution in [0.2, 0.25) is 0 Å². The predicted molar refractivity (Wildman–Crippen MR) is 189 cm³/mol. The Balaban J connectivity index is 1.22. The third kappa shape index (κ3) is 7.69. The van der Waals surface area contributed by atoms with Crippen molar-refractivity contribution in [3.8, 4) is 0 Å². The molecule has 1 aliphatic heterocycles. The highest BCUT2D eigenvalue weighted by Crippen LogP contribution is 2.28. The number of nitrogens with zero attached hydrogens (tertiary/aromatic N) is 2. The van der Waals surface area contributed by atoms with Crippen LogP contribution in [0.25, 0.3) is 21.5 Å². The minimum absolute atomic E-state index is 0.0773. The van der Waals surface area contributed by atoms with E-state index in [0.717, 1.165) is 45.5 Å². The quantitative estimate of drug-likeness (QED) is 0.166. The van der Waals surface area contributed by atoms with Gasteiger partial charge in [-0.1, -0.05) is 123 Å². The van der Waals surface area contributed by atoms with E-state index in [9.17, 15) is 18.0 Å². The molecule has 1 unspecified atom stereocenters. The Morgan fingerprint density at radius 2 is 1.44 bits per heavy atom. The maximum atomic E-state index is 14.3. The number of piperazine rings is 1. The number of fused-ring (bicyclic) bond motifs is 2. The lowest BCUT2D eigenvalue weighted by molar-refractivity contribution is -0.135. The molecule has 1 fully saturated rings. The van der Waals surface area contributed by atoms with Crippen molar-refractivity contribution in [1.82, 2.24) is 14.5 Å². The highest BCUT2D eigenvalue weighted by atomic mass is 32.2. The van der Waals surface area contributed by atoms with Gasteiger partial charge in [0.2, 0.25) is 15.9 Å². The van der Waals surface area contributed by atoms with Crippen molar-refractivity contribution in [2.45, 2.75) is 56.2 Å². The van der Waals surface area contributed by atoms with Gasteiger partial charge < -0.3 is 15.0 Å². The second-order valence-corrected chi connectivity index (χ2v) is 14.2. The zero-order valence-corrected chi connectivity index (χ0v) is 27.9. The van der Waals surface area contributed by atoms with Gasteiger partial charge in [0.15, 0.2) is 0 Å². The summed E-state index contributed by atoms with van der Waals surface area (Å²) >= 11 is 0. The number of ether oxygens (including phenoxy) is 1. The van der Waals surface area contributed by atoms with Crippen LogP contribution in [-0.4, -0.2) is 61.3 Å². The number of carbonyl (C=O) groups is 2. The number of hydrogen-bond acceptors (Lipinski definition) is 5. The lowest BCUT2D eigenvalue weighted by Gasteiger charge is -2.41. The molecule has 5 aromatic carbocycles. The SMILES string of the molecule is CCCCC1CN(C(=O)[C@H](Cc2ccc3ccccc3c2)NC(=O)OCc2ccccc2)CCN1S(=O)(=O)c1ccc2ccccc2c1. The first-order valence-electron chi connectivity index (χ1n) is 16.6. The maximum Gasteiger partial charge on any atom is 0.408 e. The Kier molecular flexibility index (Phi) is 10.4. The first-order chi connectivity index (χ1) is 23.3. The molecule has 2 amide bonds. The van der Waals surface area contributed by atoms with Gasteiger partial charge in [-0.2, -0.15) is 4.31 Å². The molecule has 5 aromatic rings. The number of carbonyl (C=O) groups excluding carboxylic acids is 2. The summed E-state index contributed by atoms with van der Waals surface area (Å²) in [7, 11) is -3.82. The molecule has 1 heterocycles. The van der Waals surface area contributed by atoms with Gasteiger partial charge in [0, 0.05) is 32.1 Å². The lowest BCUT2D eigenvalue weighted by atomic mass is 10.00. The zero-order chi connectivity index (χ0) is 33.5. The summed E-state index contributed by atoms with van der Waals surface area (Å²) in [5, 5.41) is 6.80. The van der Waals surface area contributed by atoms with Gasteiger partial charge >= 0.3 is 6.09 Å². The summed E-state index contributed by atoms with van der Waals surface area (Å²) in [6, 6.07) is 35.0. The van der Waals surface area contributed by atoms with Crippen LogP contribution >= 0.6 is 0 Å². The van der Waals surface area contributed by atoms with Crippen molar-refractivity contribution < 1.29 is 22.7 Å². The number of nitrogens with one attached hydrogen (secondary N) is 1. The van der Waals surface area contributed by atoms with E-state index < -0.39 is 28.2 Å². The first-order valence-corrected chi connectivity index (χ1v) is 18.0. The summed E-state index contributed by atoms with van der Waals surface area (Å²) in [6.07, 6.45) is 1.92. The molecule has 0 spiro atoms. The molecule has 0 aliphatic carbocycles. The third-order valence-corrected chi connectivity index (χ3v) is 11.0. The number of amides is 2. The van der Waals surface area contributed by atoms with E-state index in [4.69, 9.17) is 4.74 Å². The zero-order valence-electron chi connectivity index (χ0n) is 27.1. The number of unbranched alkanes of at least 4 members (excludes halogenated alkanes) is 1. The Labute approximate surface area is 282 Å². The van der Waals surface area contributed by atoms with E-state index in [1.165, 1.54) is 0 Å². The van der Waals surface area contributed by atoms with E-state index in [0.29, 0.717) is 6.42 Å². The van der Waals surface area contributed by atoms with E-state index in [2.05, 4.69) is 12.2 Å². The van der Waals surface area contributed by atoms with Crippen LogP contribution in [0.15, 0.2) is 120 Å². The summed E-state index contributed by atoms with van der Waals surface area (Å²) in [5.74, 6) is -0.260. The van der Waals surface area contributed by atoms with Gasteiger partial charge in [-0.15, -0.1) is 0 Å². The summed E-state index contributed by atoms with van der Waals surface area (Å²) in [6.45, 7) is 2.76. The molecule has 9 heteroatoms. The van der Waals surface area contributed by atoms with Crippen molar-refractivity contribution in [1.29, 1.82) is 0 Å². The molecule has 1 N–H and O–H groups in total. The van der Waals surface area contributed by atoms with E-state index >= 15 is 0 Å². The number of benzene rings is 5. The topological polar surface area (TPSA) is 96.0 Å². The third-order valence-electron chi connectivity index (χ3n) is 9.02. The van der Waals surface area contributed by atoms with Crippen LogP contribution in [0.3, 0.4) is 0 Å². The Morgan fingerprint density at radius 3 is 2.15 bits per heavy atom. The van der Waals surface area contributed by atoms with Crippen LogP contribution in [-0.2, 0) is 32.6 Å². The normalized spacial score (nSPS) is 16.1. The predicted octanol–water partition coefficient (Wildman–Crippen LogP) is 6.92. The number of hydrogen-bond donors (Lipinski definition) is 1. The fourth-order valence-electron chi connectivity index (χ4n) is 6.42. The molecule has 2 atom stereocenters. The average molecular weight is 664 g/mol. The molecule has 1 saturated heterocycles. The lowest BCUT2D eigenvalue weighted by Crippen LogP contribution is -2.60. The second kappa shape index (κ2) is 15.0. The van der Waals surface area contributed by atoms with Gasteiger partial charge in [0.05, 0.1) is 4.90 Å².